The van der Waals surface area contributed by atoms with Crippen LogP contribution in [-0.2, 0) is 20.9 Å². The number of hydrogen-bond acceptors (Lipinski definition) is 5. The molecular weight excluding hydrogens is 462 g/mol. The van der Waals surface area contributed by atoms with E-state index in [4.69, 9.17) is 25.8 Å². The molecule has 1 aliphatic rings. The number of fused-ring (bicyclic) bond motifs is 1. The van der Waals surface area contributed by atoms with E-state index < -0.39 is 6.10 Å². The lowest BCUT2D eigenvalue weighted by Crippen LogP contribution is -2.12. The summed E-state index contributed by atoms with van der Waals surface area (Å²) >= 11 is 6.09. The number of aromatic nitrogens is 1. The highest BCUT2D eigenvalue weighted by molar-refractivity contribution is 6.31. The Hall–Kier alpha value is -3.67. The minimum atomic E-state index is -0.531. The van der Waals surface area contributed by atoms with Gasteiger partial charge in [-0.15, -0.1) is 0 Å². The molecule has 0 amide bonds. The number of carbonyl (C=O) groups excluding carboxylic acids is 1. The summed E-state index contributed by atoms with van der Waals surface area (Å²) in [4.78, 5) is 16.6. The minimum Gasteiger partial charge on any atom is -0.489 e. The zero-order valence-electron chi connectivity index (χ0n) is 19.2. The van der Waals surface area contributed by atoms with Gasteiger partial charge in [-0.1, -0.05) is 66.2 Å². The molecule has 1 saturated heterocycles. The van der Waals surface area contributed by atoms with Crippen molar-refractivity contribution in [3.8, 4) is 5.75 Å². The highest BCUT2D eigenvalue weighted by atomic mass is 35.5. The number of epoxide rings is 1. The van der Waals surface area contributed by atoms with Gasteiger partial charge in [-0.25, -0.2) is 9.78 Å². The van der Waals surface area contributed by atoms with Gasteiger partial charge in [0.05, 0.1) is 17.8 Å². The van der Waals surface area contributed by atoms with Crippen molar-refractivity contribution in [2.75, 3.05) is 6.61 Å². The second-order valence-corrected chi connectivity index (χ2v) is 8.63. The Morgan fingerprint density at radius 3 is 2.66 bits per heavy atom. The van der Waals surface area contributed by atoms with Crippen LogP contribution in [0, 0.1) is 0 Å². The van der Waals surface area contributed by atoms with Crippen LogP contribution in [0.3, 0.4) is 0 Å². The SMILES string of the molecule is CCOC(=O)C1OC1c1ccccc1COc1ccc(/C=C/c2ccc3ccc(Cl)cc3n2)cc1. The number of rotatable bonds is 8. The summed E-state index contributed by atoms with van der Waals surface area (Å²) in [6.07, 6.45) is 3.18. The molecule has 3 aromatic carbocycles. The van der Waals surface area contributed by atoms with Gasteiger partial charge in [0.2, 0.25) is 0 Å². The third-order valence-corrected chi connectivity index (χ3v) is 6.00. The van der Waals surface area contributed by atoms with Crippen LogP contribution in [-0.4, -0.2) is 23.7 Å². The van der Waals surface area contributed by atoms with Gasteiger partial charge in [-0.3, -0.25) is 0 Å². The fourth-order valence-corrected chi connectivity index (χ4v) is 4.08. The third kappa shape index (κ3) is 5.53. The Labute approximate surface area is 208 Å². The molecule has 0 saturated carbocycles. The normalized spacial score (nSPS) is 17.0. The molecule has 4 aromatic rings. The lowest BCUT2D eigenvalue weighted by atomic mass is 10.0. The Kier molecular flexibility index (Phi) is 6.80. The van der Waals surface area contributed by atoms with E-state index in [-0.39, 0.29) is 12.1 Å². The van der Waals surface area contributed by atoms with E-state index in [9.17, 15) is 4.79 Å². The third-order valence-electron chi connectivity index (χ3n) is 5.77. The Morgan fingerprint density at radius 2 is 1.83 bits per heavy atom. The van der Waals surface area contributed by atoms with E-state index in [2.05, 4.69) is 4.98 Å². The molecule has 5 nitrogen and oxygen atoms in total. The number of benzene rings is 3. The van der Waals surface area contributed by atoms with E-state index in [1.54, 1.807) is 6.92 Å². The molecule has 2 heterocycles. The molecule has 6 heteroatoms. The maximum atomic E-state index is 11.9. The molecule has 0 bridgehead atoms. The summed E-state index contributed by atoms with van der Waals surface area (Å²) in [7, 11) is 0. The second-order valence-electron chi connectivity index (χ2n) is 8.19. The van der Waals surface area contributed by atoms with E-state index in [1.807, 2.05) is 91.0 Å². The van der Waals surface area contributed by atoms with Gasteiger partial charge in [-0.05, 0) is 60.0 Å². The van der Waals surface area contributed by atoms with Gasteiger partial charge >= 0.3 is 5.97 Å². The summed E-state index contributed by atoms with van der Waals surface area (Å²) in [5, 5.41) is 1.73. The summed E-state index contributed by atoms with van der Waals surface area (Å²) in [5.74, 6) is 0.439. The summed E-state index contributed by atoms with van der Waals surface area (Å²) in [6, 6.07) is 25.4. The lowest BCUT2D eigenvalue weighted by molar-refractivity contribution is -0.144. The van der Waals surface area contributed by atoms with Gasteiger partial charge in [-0.2, -0.15) is 0 Å². The molecule has 0 radical (unpaired) electrons. The quantitative estimate of drug-likeness (QED) is 0.207. The number of carbonyl (C=O) groups is 1. The average molecular weight is 486 g/mol. The number of hydrogen-bond donors (Lipinski definition) is 0. The standard InChI is InChI=1S/C29H24ClNO4/c1-2-33-29(32)28-27(35-28)25-6-4-3-5-21(25)18-34-24-15-8-19(9-16-24)7-13-23-14-11-20-10-12-22(30)17-26(20)31-23/h3-17,27-28H,2,18H2,1H3/b13-7+. The second kappa shape index (κ2) is 10.3. The molecule has 2 unspecified atom stereocenters. The van der Waals surface area contributed by atoms with Crippen LogP contribution in [0.1, 0.15) is 35.4 Å². The summed E-state index contributed by atoms with van der Waals surface area (Å²) < 4.78 is 16.6. The number of halogens is 1. The molecule has 5 rings (SSSR count). The first-order valence-corrected chi connectivity index (χ1v) is 11.9. The van der Waals surface area contributed by atoms with Crippen LogP contribution in [0.15, 0.2) is 78.9 Å². The predicted octanol–water partition coefficient (Wildman–Crippen LogP) is 6.64. The lowest BCUT2D eigenvalue weighted by Gasteiger charge is -2.10. The summed E-state index contributed by atoms with van der Waals surface area (Å²) in [6.45, 7) is 2.51. The molecule has 0 aliphatic carbocycles. The zero-order valence-corrected chi connectivity index (χ0v) is 19.9. The van der Waals surface area contributed by atoms with E-state index in [0.29, 0.717) is 18.2 Å². The van der Waals surface area contributed by atoms with Crippen molar-refractivity contribution in [3.05, 3.63) is 106 Å². The molecule has 35 heavy (non-hydrogen) atoms. The van der Waals surface area contributed by atoms with Crippen molar-refractivity contribution in [1.82, 2.24) is 4.98 Å². The van der Waals surface area contributed by atoms with Crippen molar-refractivity contribution in [2.45, 2.75) is 25.7 Å². The monoisotopic (exact) mass is 485 g/mol. The Bertz CT molecular complexity index is 1380. The first-order valence-electron chi connectivity index (χ1n) is 11.5. The smallest absolute Gasteiger partial charge is 0.338 e. The van der Waals surface area contributed by atoms with E-state index in [1.165, 1.54) is 0 Å². The first-order chi connectivity index (χ1) is 17.1. The molecule has 176 valence electrons. The molecule has 1 aliphatic heterocycles. The number of esters is 1. The molecule has 0 spiro atoms. The number of pyridine rings is 1. The molecule has 1 fully saturated rings. The van der Waals surface area contributed by atoms with Crippen molar-refractivity contribution >= 4 is 40.6 Å². The predicted molar refractivity (Wildman–Crippen MR) is 137 cm³/mol. The maximum Gasteiger partial charge on any atom is 0.338 e. The fraction of sp³-hybridized carbons (Fsp3) is 0.172. The fourth-order valence-electron chi connectivity index (χ4n) is 3.91. The largest absolute Gasteiger partial charge is 0.489 e. The van der Waals surface area contributed by atoms with E-state index >= 15 is 0 Å². The maximum absolute atomic E-state index is 11.9. The van der Waals surface area contributed by atoms with Gasteiger partial charge < -0.3 is 14.2 Å². The molecule has 2 atom stereocenters. The van der Waals surface area contributed by atoms with Gasteiger partial charge in [0.1, 0.15) is 18.5 Å². The molecular formula is C29H24ClNO4. The first kappa shape index (κ1) is 23.1. The Balaban J connectivity index is 1.21. The van der Waals surface area contributed by atoms with Crippen molar-refractivity contribution in [2.24, 2.45) is 0 Å². The molecule has 0 N–H and O–H groups in total. The van der Waals surface area contributed by atoms with Gasteiger partial charge in [0, 0.05) is 10.4 Å². The summed E-state index contributed by atoms with van der Waals surface area (Å²) in [5.41, 5.74) is 4.70. The van der Waals surface area contributed by atoms with Crippen molar-refractivity contribution in [3.63, 3.8) is 0 Å². The van der Waals surface area contributed by atoms with Crippen LogP contribution in [0.25, 0.3) is 23.1 Å². The topological polar surface area (TPSA) is 61.0 Å². The van der Waals surface area contributed by atoms with Crippen LogP contribution in [0.5, 0.6) is 5.75 Å². The van der Waals surface area contributed by atoms with Crippen LogP contribution in [0.4, 0.5) is 0 Å². The van der Waals surface area contributed by atoms with Crippen molar-refractivity contribution in [1.29, 1.82) is 0 Å². The van der Waals surface area contributed by atoms with Gasteiger partial charge in [0.25, 0.3) is 0 Å². The molecule has 1 aromatic heterocycles. The van der Waals surface area contributed by atoms with Crippen molar-refractivity contribution < 1.29 is 19.0 Å². The van der Waals surface area contributed by atoms with Crippen LogP contribution < -0.4 is 4.74 Å². The average Bonchev–Trinajstić information content (AvgIpc) is 3.68. The Morgan fingerprint density at radius 1 is 1.03 bits per heavy atom. The highest BCUT2D eigenvalue weighted by Gasteiger charge is 2.48. The zero-order chi connectivity index (χ0) is 24.2. The highest BCUT2D eigenvalue weighted by Crippen LogP contribution is 2.41. The van der Waals surface area contributed by atoms with Gasteiger partial charge in [0.15, 0.2) is 6.10 Å². The number of ether oxygens (including phenoxy) is 3. The minimum absolute atomic E-state index is 0.277. The number of nitrogens with zero attached hydrogens (tertiary/aromatic N) is 1. The van der Waals surface area contributed by atoms with Crippen LogP contribution >= 0.6 is 11.6 Å². The van der Waals surface area contributed by atoms with Crippen LogP contribution in [0.2, 0.25) is 5.02 Å². The van der Waals surface area contributed by atoms with E-state index in [0.717, 1.165) is 39.0 Å².